The molecule has 1 aliphatic heterocycles. The minimum Gasteiger partial charge on any atom is -0.480 e. The molecule has 1 N–H and O–H groups in total. The highest BCUT2D eigenvalue weighted by Crippen LogP contribution is 2.24. The van der Waals surface area contributed by atoms with E-state index in [4.69, 9.17) is 0 Å². The molecule has 2 atom stereocenters. The van der Waals surface area contributed by atoms with Crippen LogP contribution < -0.4 is 0 Å². The molecular formula is C15H20N2O3. The molecule has 1 aliphatic rings. The Balaban J connectivity index is 1.98. The standard InChI is InChI=1S/C15H20N2O3/c1-11-5-4-10-17(14(11)15(19)20)13(18)8-7-12-6-2-3-9-16-12/h2-3,6,9,11,14H,4-5,7-8,10H2,1H3,(H,19,20). The maximum atomic E-state index is 12.3. The van der Waals surface area contributed by atoms with Crippen molar-refractivity contribution in [3.8, 4) is 0 Å². The number of aliphatic carboxylic acids is 1. The van der Waals surface area contributed by atoms with Crippen LogP contribution in [0, 0.1) is 5.92 Å². The van der Waals surface area contributed by atoms with Crippen LogP contribution in [0.2, 0.25) is 0 Å². The van der Waals surface area contributed by atoms with Gasteiger partial charge in [-0.1, -0.05) is 13.0 Å². The molecule has 0 aliphatic carbocycles. The van der Waals surface area contributed by atoms with Gasteiger partial charge in [0.15, 0.2) is 0 Å². The quantitative estimate of drug-likeness (QED) is 0.909. The fourth-order valence-electron chi connectivity index (χ4n) is 2.77. The third-order valence-corrected chi connectivity index (χ3v) is 3.83. The van der Waals surface area contributed by atoms with Gasteiger partial charge >= 0.3 is 5.97 Å². The van der Waals surface area contributed by atoms with Crippen LogP contribution in [0.4, 0.5) is 0 Å². The number of carboxylic acids is 1. The second-order valence-electron chi connectivity index (χ2n) is 5.31. The van der Waals surface area contributed by atoms with Crippen molar-refractivity contribution in [1.82, 2.24) is 9.88 Å². The number of hydrogen-bond donors (Lipinski definition) is 1. The van der Waals surface area contributed by atoms with Crippen molar-refractivity contribution in [1.29, 1.82) is 0 Å². The Morgan fingerprint density at radius 1 is 1.45 bits per heavy atom. The number of aromatic nitrogens is 1. The van der Waals surface area contributed by atoms with Crippen LogP contribution in [0.25, 0.3) is 0 Å². The van der Waals surface area contributed by atoms with E-state index in [1.165, 1.54) is 4.90 Å². The lowest BCUT2D eigenvalue weighted by Gasteiger charge is -2.37. The molecular weight excluding hydrogens is 256 g/mol. The molecule has 2 unspecified atom stereocenters. The van der Waals surface area contributed by atoms with Crippen LogP contribution in [0.1, 0.15) is 31.9 Å². The van der Waals surface area contributed by atoms with E-state index in [1.54, 1.807) is 6.20 Å². The molecule has 5 nitrogen and oxygen atoms in total. The second kappa shape index (κ2) is 6.50. The highest BCUT2D eigenvalue weighted by atomic mass is 16.4. The normalized spacial score (nSPS) is 22.6. The van der Waals surface area contributed by atoms with Gasteiger partial charge in [-0.15, -0.1) is 0 Å². The first-order valence-corrected chi connectivity index (χ1v) is 7.02. The zero-order chi connectivity index (χ0) is 14.5. The third-order valence-electron chi connectivity index (χ3n) is 3.83. The van der Waals surface area contributed by atoms with Gasteiger partial charge in [0, 0.05) is 24.9 Å². The largest absolute Gasteiger partial charge is 0.480 e. The Morgan fingerprint density at radius 2 is 2.25 bits per heavy atom. The molecule has 1 fully saturated rings. The second-order valence-corrected chi connectivity index (χ2v) is 5.31. The van der Waals surface area contributed by atoms with Gasteiger partial charge in [-0.25, -0.2) is 4.79 Å². The van der Waals surface area contributed by atoms with Gasteiger partial charge in [0.05, 0.1) is 0 Å². The van der Waals surface area contributed by atoms with Gasteiger partial charge in [-0.2, -0.15) is 0 Å². The lowest BCUT2D eigenvalue weighted by atomic mass is 9.90. The maximum absolute atomic E-state index is 12.3. The Hall–Kier alpha value is -1.91. The summed E-state index contributed by atoms with van der Waals surface area (Å²) in [6.45, 7) is 2.44. The van der Waals surface area contributed by atoms with Gasteiger partial charge in [0.2, 0.25) is 5.91 Å². The van der Waals surface area contributed by atoms with Crippen molar-refractivity contribution >= 4 is 11.9 Å². The summed E-state index contributed by atoms with van der Waals surface area (Å²) >= 11 is 0. The van der Waals surface area contributed by atoms with Crippen LogP contribution in [0.3, 0.4) is 0 Å². The van der Waals surface area contributed by atoms with Gasteiger partial charge in [0.25, 0.3) is 0 Å². The molecule has 2 rings (SSSR count). The van der Waals surface area contributed by atoms with Gasteiger partial charge in [0.1, 0.15) is 6.04 Å². The zero-order valence-corrected chi connectivity index (χ0v) is 11.7. The average Bonchev–Trinajstić information content (AvgIpc) is 2.45. The first-order valence-electron chi connectivity index (χ1n) is 7.02. The average molecular weight is 276 g/mol. The van der Waals surface area contributed by atoms with Crippen molar-refractivity contribution in [2.24, 2.45) is 5.92 Å². The third kappa shape index (κ3) is 3.35. The van der Waals surface area contributed by atoms with E-state index in [-0.39, 0.29) is 11.8 Å². The predicted octanol–water partition coefficient (Wildman–Crippen LogP) is 1.73. The van der Waals surface area contributed by atoms with Crippen LogP contribution in [0.5, 0.6) is 0 Å². The first-order chi connectivity index (χ1) is 9.59. The molecule has 1 amide bonds. The highest BCUT2D eigenvalue weighted by Gasteiger charge is 2.36. The van der Waals surface area contributed by atoms with Crippen LogP contribution in [-0.4, -0.2) is 39.5 Å². The lowest BCUT2D eigenvalue weighted by Crippen LogP contribution is -2.52. The number of carboxylic acid groups (broad SMARTS) is 1. The topological polar surface area (TPSA) is 70.5 Å². The molecule has 0 saturated carbocycles. The van der Waals surface area contributed by atoms with Gasteiger partial charge in [-0.3, -0.25) is 9.78 Å². The number of carbonyl (C=O) groups is 2. The molecule has 1 saturated heterocycles. The number of carbonyl (C=O) groups excluding carboxylic acids is 1. The number of nitrogens with zero attached hydrogens (tertiary/aromatic N) is 2. The monoisotopic (exact) mass is 276 g/mol. The van der Waals surface area contributed by atoms with Gasteiger partial charge < -0.3 is 10.0 Å². The molecule has 0 aromatic carbocycles. The van der Waals surface area contributed by atoms with E-state index in [0.717, 1.165) is 18.5 Å². The van der Waals surface area contributed by atoms with Crippen LogP contribution >= 0.6 is 0 Å². The van der Waals surface area contributed by atoms with Crippen molar-refractivity contribution in [3.63, 3.8) is 0 Å². The highest BCUT2D eigenvalue weighted by molar-refractivity contribution is 5.84. The molecule has 2 heterocycles. The van der Waals surface area contributed by atoms with Crippen LogP contribution in [0.15, 0.2) is 24.4 Å². The number of pyridine rings is 1. The van der Waals surface area contributed by atoms with E-state index in [0.29, 0.717) is 19.4 Å². The molecule has 5 heteroatoms. The minimum atomic E-state index is -0.900. The van der Waals surface area contributed by atoms with Crippen molar-refractivity contribution in [2.75, 3.05) is 6.54 Å². The summed E-state index contributed by atoms with van der Waals surface area (Å²) in [6, 6.07) is 4.91. The van der Waals surface area contributed by atoms with E-state index in [9.17, 15) is 14.7 Å². The Kier molecular flexibility index (Phi) is 4.71. The van der Waals surface area contributed by atoms with E-state index in [1.807, 2.05) is 25.1 Å². The molecule has 1 aromatic heterocycles. The molecule has 0 spiro atoms. The fraction of sp³-hybridized carbons (Fsp3) is 0.533. The smallest absolute Gasteiger partial charge is 0.326 e. The molecule has 108 valence electrons. The zero-order valence-electron chi connectivity index (χ0n) is 11.7. The Labute approximate surface area is 118 Å². The SMILES string of the molecule is CC1CCCN(C(=O)CCc2ccccn2)C1C(=O)O. The molecule has 0 bridgehead atoms. The summed E-state index contributed by atoms with van der Waals surface area (Å²) in [5.41, 5.74) is 0.859. The summed E-state index contributed by atoms with van der Waals surface area (Å²) in [7, 11) is 0. The first kappa shape index (κ1) is 14.5. The van der Waals surface area contributed by atoms with Crippen LogP contribution in [-0.2, 0) is 16.0 Å². The summed E-state index contributed by atoms with van der Waals surface area (Å²) in [4.78, 5) is 29.3. The summed E-state index contributed by atoms with van der Waals surface area (Å²) in [5, 5.41) is 9.31. The van der Waals surface area contributed by atoms with E-state index in [2.05, 4.69) is 4.98 Å². The van der Waals surface area contributed by atoms with Crippen molar-refractivity contribution < 1.29 is 14.7 Å². The number of piperidine rings is 1. The molecule has 1 aromatic rings. The number of hydrogen-bond acceptors (Lipinski definition) is 3. The summed E-state index contributed by atoms with van der Waals surface area (Å²) < 4.78 is 0. The van der Waals surface area contributed by atoms with Crippen molar-refractivity contribution in [2.45, 2.75) is 38.6 Å². The maximum Gasteiger partial charge on any atom is 0.326 e. The summed E-state index contributed by atoms with van der Waals surface area (Å²) in [6.07, 6.45) is 4.30. The molecule has 20 heavy (non-hydrogen) atoms. The lowest BCUT2D eigenvalue weighted by molar-refractivity contribution is -0.154. The van der Waals surface area contributed by atoms with E-state index >= 15 is 0 Å². The van der Waals surface area contributed by atoms with Gasteiger partial charge in [-0.05, 0) is 37.3 Å². The van der Waals surface area contributed by atoms with E-state index < -0.39 is 12.0 Å². The predicted molar refractivity (Wildman–Crippen MR) is 74.1 cm³/mol. The number of likely N-dealkylation sites (tertiary alicyclic amines) is 1. The number of rotatable bonds is 4. The fourth-order valence-corrected chi connectivity index (χ4v) is 2.77. The Bertz CT molecular complexity index is 475. The Morgan fingerprint density at radius 3 is 2.90 bits per heavy atom. The molecule has 0 radical (unpaired) electrons. The number of aryl methyl sites for hydroxylation is 1. The van der Waals surface area contributed by atoms with Crippen molar-refractivity contribution in [3.05, 3.63) is 30.1 Å². The number of amides is 1. The summed E-state index contributed by atoms with van der Waals surface area (Å²) in [5.74, 6) is -0.974. The minimum absolute atomic E-state index is 0.0139.